The van der Waals surface area contributed by atoms with Gasteiger partial charge in [-0.2, -0.15) is 21.0 Å². The average molecular weight is 1030 g/mol. The van der Waals surface area contributed by atoms with Gasteiger partial charge in [0.1, 0.15) is 60.1 Å². The van der Waals surface area contributed by atoms with Crippen LogP contribution < -0.4 is 19.3 Å². The van der Waals surface area contributed by atoms with Crippen LogP contribution >= 0.6 is 0 Å². The van der Waals surface area contributed by atoms with Gasteiger partial charge in [-0.25, -0.2) is 18.4 Å². The lowest BCUT2D eigenvalue weighted by atomic mass is 10.0. The van der Waals surface area contributed by atoms with Gasteiger partial charge in [-0.3, -0.25) is 19.8 Å². The minimum absolute atomic E-state index is 0.0277. The maximum Gasteiger partial charge on any atom is 0.415 e. The molecule has 6 rings (SSSR count). The summed E-state index contributed by atoms with van der Waals surface area (Å²) in [6.07, 6.45) is -1.12. The Bertz CT molecular complexity index is 2950. The second-order valence-corrected chi connectivity index (χ2v) is 19.2. The molecule has 0 saturated heterocycles. The molecule has 18 heteroatoms. The number of ether oxygens (including phenoxy) is 4. The van der Waals surface area contributed by atoms with Gasteiger partial charge in [0.15, 0.2) is 0 Å². The number of alkyl halides is 2. The number of halogens is 2. The molecule has 392 valence electrons. The predicted octanol–water partition coefficient (Wildman–Crippen LogP) is 11.7. The summed E-state index contributed by atoms with van der Waals surface area (Å²) < 4.78 is 52.1. The van der Waals surface area contributed by atoms with Crippen molar-refractivity contribution in [2.45, 2.75) is 118 Å². The van der Waals surface area contributed by atoms with Crippen molar-refractivity contribution in [1.82, 2.24) is 9.97 Å². The quantitative estimate of drug-likeness (QED) is 0.0917. The van der Waals surface area contributed by atoms with Crippen molar-refractivity contribution in [2.24, 2.45) is 0 Å². The molecule has 2 aromatic heterocycles. The van der Waals surface area contributed by atoms with Gasteiger partial charge in [-0.05, 0) is 145 Å². The molecule has 2 unspecified atom stereocenters. The van der Waals surface area contributed by atoms with E-state index in [-0.39, 0.29) is 54.8 Å². The minimum Gasteiger partial charge on any atom is -0.486 e. The fraction of sp³-hybridized carbons (Fsp3) is 0.310. The zero-order valence-electron chi connectivity index (χ0n) is 43.5. The number of nitriles is 4. The molecule has 2 atom stereocenters. The van der Waals surface area contributed by atoms with Crippen LogP contribution in [-0.2, 0) is 49.1 Å². The van der Waals surface area contributed by atoms with E-state index in [2.05, 4.69) is 22.1 Å². The Hall–Kier alpha value is -8.94. The van der Waals surface area contributed by atoms with E-state index in [9.17, 15) is 29.5 Å². The summed E-state index contributed by atoms with van der Waals surface area (Å²) in [6, 6.07) is 34.6. The van der Waals surface area contributed by atoms with Crippen molar-refractivity contribution < 1.29 is 47.5 Å². The zero-order valence-corrected chi connectivity index (χ0v) is 43.5. The lowest BCUT2D eigenvalue weighted by Crippen LogP contribution is -2.37. The Labute approximate surface area is 441 Å². The molecule has 0 aliphatic heterocycles. The monoisotopic (exact) mass is 1030 g/mol. The summed E-state index contributed by atoms with van der Waals surface area (Å²) >= 11 is 0. The van der Waals surface area contributed by atoms with Gasteiger partial charge < -0.3 is 29.2 Å². The molecule has 2 heterocycles. The fourth-order valence-electron chi connectivity index (χ4n) is 7.55. The largest absolute Gasteiger partial charge is 0.486 e. The van der Waals surface area contributed by atoms with Gasteiger partial charge in [-0.15, -0.1) is 0 Å². The van der Waals surface area contributed by atoms with Gasteiger partial charge in [0.05, 0.1) is 72.3 Å². The molecular weight excluding hydrogens is 975 g/mol. The Kier molecular flexibility index (Phi) is 20.1. The molecule has 0 spiro atoms. The Balaban J connectivity index is 0.000000281. The summed E-state index contributed by atoms with van der Waals surface area (Å²) in [4.78, 5) is 37.6. The maximum atomic E-state index is 15.1. The smallest absolute Gasteiger partial charge is 0.415 e. The molecule has 2 N–H and O–H groups in total. The number of hydrogen-bond donors (Lipinski definition) is 2. The van der Waals surface area contributed by atoms with Crippen LogP contribution in [0.4, 0.5) is 29.7 Å². The van der Waals surface area contributed by atoms with Gasteiger partial charge >= 0.3 is 12.2 Å². The molecule has 16 nitrogen and oxygen atoms in total. The van der Waals surface area contributed by atoms with Crippen molar-refractivity contribution in [3.8, 4) is 35.8 Å². The summed E-state index contributed by atoms with van der Waals surface area (Å²) in [5, 5.41) is 57.3. The minimum atomic E-state index is -1.58. The molecule has 76 heavy (non-hydrogen) atoms. The van der Waals surface area contributed by atoms with Crippen LogP contribution in [0.25, 0.3) is 0 Å². The second-order valence-electron chi connectivity index (χ2n) is 19.2. The number of hydrogen-bond acceptors (Lipinski definition) is 14. The number of nitrogens with zero attached hydrogens (tertiary/aromatic N) is 8. The first-order valence-electron chi connectivity index (χ1n) is 23.9. The first kappa shape index (κ1) is 58.0. The van der Waals surface area contributed by atoms with Crippen LogP contribution in [0.5, 0.6) is 11.5 Å². The molecule has 0 aliphatic carbocycles. The number of carbonyl (C=O) groups excluding carboxylic acids is 2. The third kappa shape index (κ3) is 16.0. The van der Waals surface area contributed by atoms with Gasteiger partial charge in [0.25, 0.3) is 0 Å². The molecule has 4 aromatic carbocycles. The van der Waals surface area contributed by atoms with E-state index >= 15 is 4.39 Å². The van der Waals surface area contributed by atoms with Crippen molar-refractivity contribution >= 4 is 23.6 Å². The number of benzene rings is 4. The normalized spacial score (nSPS) is 11.7. The van der Waals surface area contributed by atoms with E-state index in [1.807, 2.05) is 12.1 Å². The lowest BCUT2D eigenvalue weighted by molar-refractivity contribution is 0.0566. The van der Waals surface area contributed by atoms with Crippen molar-refractivity contribution in [2.75, 3.05) is 9.80 Å². The van der Waals surface area contributed by atoms with Gasteiger partial charge in [0.2, 0.25) is 0 Å². The van der Waals surface area contributed by atoms with Gasteiger partial charge in [-0.1, -0.05) is 24.3 Å². The topological polar surface area (TPSA) is 239 Å². The number of carbonyl (C=O) groups is 2. The third-order valence-corrected chi connectivity index (χ3v) is 10.9. The average Bonchev–Trinajstić information content (AvgIpc) is 3.39. The van der Waals surface area contributed by atoms with Crippen LogP contribution in [0.1, 0.15) is 135 Å². The highest BCUT2D eigenvalue weighted by Crippen LogP contribution is 2.37. The highest BCUT2D eigenvalue weighted by atomic mass is 19.1. The molecular formula is C58H58F2N8O8. The first-order valence-corrected chi connectivity index (χ1v) is 23.9. The summed E-state index contributed by atoms with van der Waals surface area (Å²) in [5.41, 5.74) is 3.80. The number of rotatable bonds is 16. The van der Waals surface area contributed by atoms with E-state index in [1.165, 1.54) is 29.1 Å². The molecule has 0 aliphatic rings. The fourth-order valence-corrected chi connectivity index (χ4v) is 7.55. The SMILES string of the molecule is CC(F)c1c(CN(C(=O)OC(C)(C)C)c2ccc(C#N)cc2)cnc(CF)c1OCc1cccc(C#N)c1.CC(O)c1c(CN(C(=O)OC(C)(C)C)c2ccc(C#N)cc2)cnc(CO)c1OCc1cccc(C#N)c1. The van der Waals surface area contributed by atoms with Crippen LogP contribution in [0.2, 0.25) is 0 Å². The highest BCUT2D eigenvalue weighted by Gasteiger charge is 2.30. The number of aliphatic hydroxyl groups is 2. The van der Waals surface area contributed by atoms with Gasteiger partial charge in [0, 0.05) is 40.5 Å². The van der Waals surface area contributed by atoms with Crippen LogP contribution in [0.3, 0.4) is 0 Å². The van der Waals surface area contributed by atoms with E-state index in [4.69, 9.17) is 34.7 Å². The van der Waals surface area contributed by atoms with Crippen molar-refractivity contribution in [1.29, 1.82) is 21.0 Å². The highest BCUT2D eigenvalue weighted by molar-refractivity contribution is 5.89. The number of pyridine rings is 2. The number of amides is 2. The predicted molar refractivity (Wildman–Crippen MR) is 277 cm³/mol. The first-order chi connectivity index (χ1) is 36.1. The molecule has 2 amide bonds. The molecule has 0 fully saturated rings. The molecule has 0 radical (unpaired) electrons. The maximum absolute atomic E-state index is 15.1. The number of aromatic nitrogens is 2. The molecule has 0 bridgehead atoms. The standard InChI is InChI=1S/C29H28F2N4O3.C29H30N4O5/c1-19(31)26-23(16-34-25(13-30)27(26)37-18-22-7-5-6-21(12-22)15-33)17-35(28(36)38-29(2,3)4)24-10-8-20(14-32)9-11-24;1-19(35)26-23(15-32-25(17-34)27(26)37-18-22-7-5-6-21(12-22)14-31)16-33(28(36)38-29(2,3)4)24-10-8-20(13-30)9-11-24/h5-12,16,19H,13,17-18H2,1-4H3;5-12,15,19,34-35H,16-18H2,1-4H3. The van der Waals surface area contributed by atoms with Crippen LogP contribution in [0, 0.1) is 45.3 Å². The summed E-state index contributed by atoms with van der Waals surface area (Å²) in [6.45, 7) is 11.7. The third-order valence-electron chi connectivity index (χ3n) is 10.9. The number of anilines is 2. The zero-order chi connectivity index (χ0) is 55.7. The Morgan fingerprint density at radius 2 is 1.01 bits per heavy atom. The Morgan fingerprint density at radius 1 is 0.618 bits per heavy atom. The summed E-state index contributed by atoms with van der Waals surface area (Å²) in [5.74, 6) is 0.151. The summed E-state index contributed by atoms with van der Waals surface area (Å²) in [7, 11) is 0. The van der Waals surface area contributed by atoms with E-state index in [0.717, 1.165) is 5.56 Å². The second kappa shape index (κ2) is 26.3. The van der Waals surface area contributed by atoms with Crippen LogP contribution in [-0.4, -0.2) is 43.6 Å². The van der Waals surface area contributed by atoms with E-state index in [0.29, 0.717) is 55.9 Å². The van der Waals surface area contributed by atoms with E-state index in [1.54, 1.807) is 146 Å². The Morgan fingerprint density at radius 3 is 1.37 bits per heavy atom. The van der Waals surface area contributed by atoms with Crippen LogP contribution in [0.15, 0.2) is 109 Å². The van der Waals surface area contributed by atoms with E-state index < -0.39 is 48.9 Å². The lowest BCUT2D eigenvalue weighted by Gasteiger charge is -2.29. The molecule has 0 saturated carbocycles. The number of aliphatic hydroxyl groups excluding tert-OH is 2. The molecule has 6 aromatic rings. The van der Waals surface area contributed by atoms with Crippen molar-refractivity contribution in [3.63, 3.8) is 0 Å². The van der Waals surface area contributed by atoms with Crippen molar-refractivity contribution in [3.05, 3.63) is 176 Å².